The van der Waals surface area contributed by atoms with Crippen LogP contribution in [0.5, 0.6) is 0 Å². The lowest BCUT2D eigenvalue weighted by Gasteiger charge is -2.35. The molecule has 0 bridgehead atoms. The van der Waals surface area contributed by atoms with Crippen molar-refractivity contribution in [3.63, 3.8) is 0 Å². The summed E-state index contributed by atoms with van der Waals surface area (Å²) in [5.74, 6) is 0.245. The Morgan fingerprint density at radius 2 is 1.86 bits per heavy atom. The zero-order chi connectivity index (χ0) is 20.2. The Balaban J connectivity index is 1.46. The van der Waals surface area contributed by atoms with Crippen LogP contribution in [-0.4, -0.2) is 50.9 Å². The van der Waals surface area contributed by atoms with Gasteiger partial charge in [-0.15, -0.1) is 5.10 Å². The number of fused-ring (bicyclic) bond motifs is 1. The molecule has 3 aromatic rings. The van der Waals surface area contributed by atoms with Crippen molar-refractivity contribution in [3.05, 3.63) is 65.7 Å². The number of thioether (sulfide) groups is 1. The first-order chi connectivity index (χ1) is 14.2. The molecule has 2 heterocycles. The van der Waals surface area contributed by atoms with Crippen LogP contribution in [0.2, 0.25) is 0 Å². The monoisotopic (exact) mass is 408 g/mol. The van der Waals surface area contributed by atoms with Gasteiger partial charge >= 0.3 is 5.97 Å². The van der Waals surface area contributed by atoms with Crippen molar-refractivity contribution in [2.75, 3.05) is 12.9 Å². The van der Waals surface area contributed by atoms with E-state index in [0.29, 0.717) is 23.9 Å². The molecule has 2 aromatic carbocycles. The van der Waals surface area contributed by atoms with Crippen molar-refractivity contribution in [2.24, 2.45) is 0 Å². The molecular formula is C21H20N4O3S. The molecule has 0 unspecified atom stereocenters. The fourth-order valence-electron chi connectivity index (χ4n) is 3.38. The van der Waals surface area contributed by atoms with Gasteiger partial charge in [-0.25, -0.2) is 9.78 Å². The van der Waals surface area contributed by atoms with Crippen LogP contribution in [0.3, 0.4) is 0 Å². The third kappa shape index (κ3) is 4.17. The molecule has 8 heteroatoms. The van der Waals surface area contributed by atoms with Crippen molar-refractivity contribution in [2.45, 2.75) is 24.2 Å². The zero-order valence-electron chi connectivity index (χ0n) is 15.9. The lowest BCUT2D eigenvalue weighted by molar-refractivity contribution is -0.153. The summed E-state index contributed by atoms with van der Waals surface area (Å²) in [6.45, 7) is 0.387. The molecular weight excluding hydrogens is 388 g/mol. The van der Waals surface area contributed by atoms with E-state index in [1.807, 2.05) is 54.6 Å². The van der Waals surface area contributed by atoms with Gasteiger partial charge in [0.15, 0.2) is 5.82 Å². The Kier molecular flexibility index (Phi) is 5.62. The quantitative estimate of drug-likeness (QED) is 0.516. The van der Waals surface area contributed by atoms with Crippen molar-refractivity contribution in [1.29, 1.82) is 0 Å². The van der Waals surface area contributed by atoms with Crippen LogP contribution in [0.25, 0.3) is 11.4 Å². The van der Waals surface area contributed by atoms with Gasteiger partial charge in [0.25, 0.3) is 0 Å². The summed E-state index contributed by atoms with van der Waals surface area (Å²) >= 11 is 1.24. The fraction of sp³-hybridized carbons (Fsp3) is 0.238. The van der Waals surface area contributed by atoms with E-state index in [2.05, 4.69) is 15.2 Å². The second kappa shape index (κ2) is 8.48. The molecule has 0 saturated carbocycles. The van der Waals surface area contributed by atoms with Gasteiger partial charge in [-0.2, -0.15) is 0 Å². The Morgan fingerprint density at radius 3 is 2.62 bits per heavy atom. The number of rotatable bonds is 5. The number of hydrogen-bond donors (Lipinski definition) is 1. The molecule has 148 valence electrons. The normalized spacial score (nSPS) is 15.6. The summed E-state index contributed by atoms with van der Waals surface area (Å²) < 4.78 is 4.93. The van der Waals surface area contributed by atoms with Gasteiger partial charge in [0, 0.05) is 18.5 Å². The number of carbonyl (C=O) groups excluding carboxylic acids is 2. The minimum atomic E-state index is -0.616. The first-order valence-electron chi connectivity index (χ1n) is 9.20. The van der Waals surface area contributed by atoms with E-state index in [4.69, 9.17) is 4.74 Å². The number of ether oxygens (including phenoxy) is 1. The molecule has 1 aliphatic rings. The van der Waals surface area contributed by atoms with E-state index in [0.717, 1.165) is 16.7 Å². The van der Waals surface area contributed by atoms with Crippen LogP contribution in [0, 0.1) is 0 Å². The number of methoxy groups -OCH3 is 1. The maximum absolute atomic E-state index is 12.9. The molecule has 0 saturated heterocycles. The highest BCUT2D eigenvalue weighted by Crippen LogP contribution is 2.26. The molecule has 1 N–H and O–H groups in total. The molecule has 1 aromatic heterocycles. The first-order valence-corrected chi connectivity index (χ1v) is 10.2. The molecule has 0 radical (unpaired) electrons. The number of carbonyl (C=O) groups is 2. The summed E-state index contributed by atoms with van der Waals surface area (Å²) in [4.78, 5) is 31.2. The van der Waals surface area contributed by atoms with Gasteiger partial charge in [-0.05, 0) is 11.1 Å². The average Bonchev–Trinajstić information content (AvgIpc) is 3.25. The Bertz CT molecular complexity index is 1020. The number of benzene rings is 2. The predicted molar refractivity (Wildman–Crippen MR) is 109 cm³/mol. The third-order valence-corrected chi connectivity index (χ3v) is 5.71. The van der Waals surface area contributed by atoms with Crippen molar-refractivity contribution in [1.82, 2.24) is 20.1 Å². The number of nitrogens with zero attached hydrogens (tertiary/aromatic N) is 3. The Labute approximate surface area is 172 Å². The number of esters is 1. The minimum Gasteiger partial charge on any atom is -0.467 e. The minimum absolute atomic E-state index is 0.141. The largest absolute Gasteiger partial charge is 0.467 e. The second-order valence-corrected chi connectivity index (χ2v) is 7.60. The third-order valence-electron chi connectivity index (χ3n) is 4.88. The average molecular weight is 408 g/mol. The smallest absolute Gasteiger partial charge is 0.328 e. The van der Waals surface area contributed by atoms with E-state index >= 15 is 0 Å². The van der Waals surface area contributed by atoms with Crippen LogP contribution in [0.15, 0.2) is 59.8 Å². The van der Waals surface area contributed by atoms with Gasteiger partial charge in [0.1, 0.15) is 6.04 Å². The highest BCUT2D eigenvalue weighted by atomic mass is 32.2. The number of aromatic nitrogens is 3. The maximum atomic E-state index is 12.9. The number of amides is 1. The van der Waals surface area contributed by atoms with Crippen LogP contribution >= 0.6 is 11.8 Å². The molecule has 1 atom stereocenters. The van der Waals surface area contributed by atoms with Gasteiger partial charge < -0.3 is 9.64 Å². The standard InChI is InChI=1S/C21H20N4O3S/c1-28-20(27)17-11-15-9-5-6-10-16(15)12-25(17)18(26)13-29-21-22-19(23-24-21)14-7-3-2-4-8-14/h2-10,17H,11-13H2,1H3,(H,22,23,24)/t17-/m1/s1. The molecule has 0 fully saturated rings. The number of nitrogens with one attached hydrogen (secondary N) is 1. The molecule has 4 rings (SSSR count). The van der Waals surface area contributed by atoms with Crippen molar-refractivity contribution < 1.29 is 14.3 Å². The summed E-state index contributed by atoms with van der Waals surface area (Å²) in [6.07, 6.45) is 0.456. The number of H-pyrrole nitrogens is 1. The van der Waals surface area contributed by atoms with Gasteiger partial charge in [-0.3, -0.25) is 9.89 Å². The summed E-state index contributed by atoms with van der Waals surface area (Å²) in [5.41, 5.74) is 3.05. The molecule has 29 heavy (non-hydrogen) atoms. The van der Waals surface area contributed by atoms with E-state index in [-0.39, 0.29) is 11.7 Å². The van der Waals surface area contributed by atoms with E-state index < -0.39 is 12.0 Å². The van der Waals surface area contributed by atoms with Crippen LogP contribution in [0.1, 0.15) is 11.1 Å². The van der Waals surface area contributed by atoms with Gasteiger partial charge in [0.2, 0.25) is 11.1 Å². The molecule has 1 amide bonds. The second-order valence-electron chi connectivity index (χ2n) is 6.65. The van der Waals surface area contributed by atoms with Gasteiger partial charge in [0.05, 0.1) is 12.9 Å². The zero-order valence-corrected chi connectivity index (χ0v) is 16.7. The topological polar surface area (TPSA) is 88.2 Å². The SMILES string of the molecule is COC(=O)[C@H]1Cc2ccccc2CN1C(=O)CSc1n[nH]c(-c2ccccc2)n1. The highest BCUT2D eigenvalue weighted by molar-refractivity contribution is 7.99. The summed E-state index contributed by atoms with van der Waals surface area (Å²) in [6, 6.07) is 16.9. The van der Waals surface area contributed by atoms with Crippen LogP contribution < -0.4 is 0 Å². The van der Waals surface area contributed by atoms with E-state index in [9.17, 15) is 9.59 Å². The fourth-order valence-corrected chi connectivity index (χ4v) is 4.06. The maximum Gasteiger partial charge on any atom is 0.328 e. The summed E-state index contributed by atoms with van der Waals surface area (Å²) in [5, 5.41) is 7.56. The highest BCUT2D eigenvalue weighted by Gasteiger charge is 2.35. The van der Waals surface area contributed by atoms with Gasteiger partial charge in [-0.1, -0.05) is 66.4 Å². The number of hydrogen-bond acceptors (Lipinski definition) is 6. The number of aromatic amines is 1. The summed E-state index contributed by atoms with van der Waals surface area (Å²) in [7, 11) is 1.35. The predicted octanol–water partition coefficient (Wildman–Crippen LogP) is 2.69. The van der Waals surface area contributed by atoms with Crippen molar-refractivity contribution >= 4 is 23.6 Å². The van der Waals surface area contributed by atoms with Crippen LogP contribution in [-0.2, 0) is 27.3 Å². The molecule has 7 nitrogen and oxygen atoms in total. The lowest BCUT2D eigenvalue weighted by atomic mass is 9.94. The molecule has 1 aliphatic heterocycles. The van der Waals surface area contributed by atoms with Crippen LogP contribution in [0.4, 0.5) is 0 Å². The Morgan fingerprint density at radius 1 is 1.14 bits per heavy atom. The van der Waals surface area contributed by atoms with E-state index in [1.165, 1.54) is 18.9 Å². The van der Waals surface area contributed by atoms with Crippen molar-refractivity contribution in [3.8, 4) is 11.4 Å². The lowest BCUT2D eigenvalue weighted by Crippen LogP contribution is -2.49. The molecule has 0 spiro atoms. The van der Waals surface area contributed by atoms with E-state index in [1.54, 1.807) is 4.90 Å². The first kappa shape index (κ1) is 19.2. The molecule has 0 aliphatic carbocycles. The Hall–Kier alpha value is -3.13.